The highest BCUT2D eigenvalue weighted by Crippen LogP contribution is 2.33. The summed E-state index contributed by atoms with van der Waals surface area (Å²) < 4.78 is 11.9. The molecule has 4 heteroatoms. The maximum absolute atomic E-state index is 9.94. The first kappa shape index (κ1) is 20.0. The number of phenols is 1. The molecule has 1 heterocycles. The molecule has 0 amide bonds. The number of hydrogen-bond donors (Lipinski definition) is 1. The number of halogens is 1. The van der Waals surface area contributed by atoms with Gasteiger partial charge in [0.15, 0.2) is 11.5 Å². The second kappa shape index (κ2) is 9.43. The van der Waals surface area contributed by atoms with Gasteiger partial charge in [0.2, 0.25) is 0 Å². The molecular weight excluding hydrogens is 427 g/mol. The number of benzene rings is 1. The molecule has 3 nitrogen and oxygen atoms in total. The molecule has 25 heavy (non-hydrogen) atoms. The zero-order valence-corrected chi connectivity index (χ0v) is 17.4. The number of methoxy groups -OCH3 is 1. The predicted octanol–water partition coefficient (Wildman–Crippen LogP) is 5.87. The van der Waals surface area contributed by atoms with E-state index in [0.717, 1.165) is 34.8 Å². The highest BCUT2D eigenvalue weighted by atomic mass is 127. The van der Waals surface area contributed by atoms with Gasteiger partial charge >= 0.3 is 0 Å². The molecule has 0 aliphatic carbocycles. The maximum atomic E-state index is 9.94. The standard InChI is InChI=1S/C21H27IO3/c1-5-6-15(3)17-9-10-25-19(17)8-7-14(2)11-16-12-18(22)21(23)20(13-16)24-4/h9,11-13,19,23H,3,5-8,10H2,1-2,4H3/b14-11+. The van der Waals surface area contributed by atoms with Crippen molar-refractivity contribution in [3.05, 3.63) is 50.6 Å². The molecule has 0 spiro atoms. The summed E-state index contributed by atoms with van der Waals surface area (Å²) in [4.78, 5) is 0. The van der Waals surface area contributed by atoms with Crippen molar-refractivity contribution in [2.45, 2.75) is 45.6 Å². The van der Waals surface area contributed by atoms with Gasteiger partial charge in [0.1, 0.15) is 0 Å². The van der Waals surface area contributed by atoms with Crippen molar-refractivity contribution in [2.75, 3.05) is 13.7 Å². The fourth-order valence-electron chi connectivity index (χ4n) is 3.08. The maximum Gasteiger partial charge on any atom is 0.171 e. The molecule has 0 fully saturated rings. The SMILES string of the molecule is C=C(CCC)C1=CCOC1CC/C(C)=C/c1cc(I)c(O)c(OC)c1. The van der Waals surface area contributed by atoms with Gasteiger partial charge < -0.3 is 14.6 Å². The van der Waals surface area contributed by atoms with E-state index in [-0.39, 0.29) is 11.9 Å². The van der Waals surface area contributed by atoms with Gasteiger partial charge in [0.05, 0.1) is 23.4 Å². The van der Waals surface area contributed by atoms with Gasteiger partial charge in [-0.2, -0.15) is 0 Å². The van der Waals surface area contributed by atoms with Gasteiger partial charge in [0.25, 0.3) is 0 Å². The molecule has 0 saturated heterocycles. The summed E-state index contributed by atoms with van der Waals surface area (Å²) in [5.41, 5.74) is 4.81. The Morgan fingerprint density at radius 2 is 2.20 bits per heavy atom. The lowest BCUT2D eigenvalue weighted by atomic mass is 9.95. The highest BCUT2D eigenvalue weighted by molar-refractivity contribution is 14.1. The number of aromatic hydroxyl groups is 1. The first-order chi connectivity index (χ1) is 12.0. The first-order valence-electron chi connectivity index (χ1n) is 8.69. The molecule has 0 radical (unpaired) electrons. The van der Waals surface area contributed by atoms with Crippen LogP contribution in [0.3, 0.4) is 0 Å². The average Bonchev–Trinajstić information content (AvgIpc) is 3.05. The van der Waals surface area contributed by atoms with E-state index in [1.165, 1.54) is 16.7 Å². The van der Waals surface area contributed by atoms with Crippen molar-refractivity contribution >= 4 is 28.7 Å². The second-order valence-electron chi connectivity index (χ2n) is 6.42. The molecule has 1 N–H and O–H groups in total. The molecule has 0 aromatic heterocycles. The minimum Gasteiger partial charge on any atom is -0.504 e. The molecule has 0 bridgehead atoms. The quantitative estimate of drug-likeness (QED) is 0.500. The van der Waals surface area contributed by atoms with Crippen LogP contribution in [0.2, 0.25) is 0 Å². The lowest BCUT2D eigenvalue weighted by Crippen LogP contribution is -2.11. The van der Waals surface area contributed by atoms with Crippen LogP contribution < -0.4 is 4.74 Å². The Labute approximate surface area is 164 Å². The molecule has 1 unspecified atom stereocenters. The van der Waals surface area contributed by atoms with Crippen LogP contribution >= 0.6 is 22.6 Å². The average molecular weight is 454 g/mol. The Bertz CT molecular complexity index is 689. The van der Waals surface area contributed by atoms with Crippen molar-refractivity contribution < 1.29 is 14.6 Å². The normalized spacial score (nSPS) is 17.5. The van der Waals surface area contributed by atoms with Crippen LogP contribution in [0.5, 0.6) is 11.5 Å². The van der Waals surface area contributed by atoms with Crippen molar-refractivity contribution in [1.29, 1.82) is 0 Å². The Hall–Kier alpha value is -1.27. The third-order valence-electron chi connectivity index (χ3n) is 4.39. The second-order valence-corrected chi connectivity index (χ2v) is 7.58. The summed E-state index contributed by atoms with van der Waals surface area (Å²) in [6.45, 7) is 9.21. The minimum atomic E-state index is 0.164. The summed E-state index contributed by atoms with van der Waals surface area (Å²) in [6, 6.07) is 3.82. The molecule has 1 atom stereocenters. The zero-order valence-electron chi connectivity index (χ0n) is 15.3. The molecule has 1 aromatic rings. The van der Waals surface area contributed by atoms with Crippen LogP contribution in [0.4, 0.5) is 0 Å². The molecule has 1 aromatic carbocycles. The van der Waals surface area contributed by atoms with Crippen LogP contribution in [0.1, 0.15) is 45.1 Å². The van der Waals surface area contributed by atoms with Crippen molar-refractivity contribution in [3.8, 4) is 11.5 Å². The number of allylic oxidation sites excluding steroid dienone is 1. The van der Waals surface area contributed by atoms with Crippen molar-refractivity contribution in [1.82, 2.24) is 0 Å². The summed E-state index contributed by atoms with van der Waals surface area (Å²) in [5.74, 6) is 0.702. The smallest absolute Gasteiger partial charge is 0.171 e. The number of rotatable bonds is 8. The molecule has 2 rings (SSSR count). The fraction of sp³-hybridized carbons (Fsp3) is 0.429. The van der Waals surface area contributed by atoms with E-state index in [1.54, 1.807) is 7.11 Å². The van der Waals surface area contributed by atoms with E-state index in [0.29, 0.717) is 12.4 Å². The predicted molar refractivity (Wildman–Crippen MR) is 112 cm³/mol. The first-order valence-corrected chi connectivity index (χ1v) is 9.77. The van der Waals surface area contributed by atoms with Crippen LogP contribution in [0.25, 0.3) is 6.08 Å². The fourth-order valence-corrected chi connectivity index (χ4v) is 3.71. The Balaban J connectivity index is 2.01. The van der Waals surface area contributed by atoms with E-state index in [4.69, 9.17) is 9.47 Å². The van der Waals surface area contributed by atoms with Gasteiger partial charge in [0, 0.05) is 0 Å². The van der Waals surface area contributed by atoms with Crippen molar-refractivity contribution in [3.63, 3.8) is 0 Å². The van der Waals surface area contributed by atoms with E-state index in [2.05, 4.69) is 55.2 Å². The highest BCUT2D eigenvalue weighted by Gasteiger charge is 2.21. The van der Waals surface area contributed by atoms with Crippen LogP contribution in [-0.2, 0) is 4.74 Å². The van der Waals surface area contributed by atoms with Crippen LogP contribution in [-0.4, -0.2) is 24.9 Å². The summed E-state index contributed by atoms with van der Waals surface area (Å²) in [7, 11) is 1.57. The third kappa shape index (κ3) is 5.35. The lowest BCUT2D eigenvalue weighted by Gasteiger charge is -2.16. The van der Waals surface area contributed by atoms with Gasteiger partial charge in [-0.15, -0.1) is 0 Å². The van der Waals surface area contributed by atoms with E-state index >= 15 is 0 Å². The number of hydrogen-bond acceptors (Lipinski definition) is 3. The van der Waals surface area contributed by atoms with Gasteiger partial charge in [-0.3, -0.25) is 0 Å². The topological polar surface area (TPSA) is 38.7 Å². The van der Waals surface area contributed by atoms with Crippen LogP contribution in [0, 0.1) is 3.57 Å². The molecular formula is C21H27IO3. The third-order valence-corrected chi connectivity index (χ3v) is 5.21. The molecule has 136 valence electrons. The molecule has 0 saturated carbocycles. The Morgan fingerprint density at radius 3 is 2.88 bits per heavy atom. The zero-order chi connectivity index (χ0) is 18.4. The largest absolute Gasteiger partial charge is 0.504 e. The molecule has 1 aliphatic rings. The van der Waals surface area contributed by atoms with Crippen molar-refractivity contribution in [2.24, 2.45) is 0 Å². The molecule has 1 aliphatic heterocycles. The number of ether oxygens (including phenoxy) is 2. The Morgan fingerprint density at radius 1 is 1.44 bits per heavy atom. The van der Waals surface area contributed by atoms with Gasteiger partial charge in [-0.05, 0) is 77.6 Å². The Kier molecular flexibility index (Phi) is 7.56. The summed E-state index contributed by atoms with van der Waals surface area (Å²) >= 11 is 2.12. The van der Waals surface area contributed by atoms with Crippen LogP contribution in [0.15, 0.2) is 41.5 Å². The van der Waals surface area contributed by atoms with Gasteiger partial charge in [-0.25, -0.2) is 0 Å². The monoisotopic (exact) mass is 454 g/mol. The van der Waals surface area contributed by atoms with Gasteiger partial charge in [-0.1, -0.05) is 37.6 Å². The summed E-state index contributed by atoms with van der Waals surface area (Å²) in [6.07, 6.45) is 8.55. The van der Waals surface area contributed by atoms with E-state index in [9.17, 15) is 5.11 Å². The minimum absolute atomic E-state index is 0.164. The summed E-state index contributed by atoms with van der Waals surface area (Å²) in [5, 5.41) is 9.94. The van der Waals surface area contributed by atoms with E-state index in [1.807, 2.05) is 12.1 Å². The lowest BCUT2D eigenvalue weighted by molar-refractivity contribution is 0.116. The number of phenolic OH excluding ortho intramolecular Hbond substituents is 1. The van der Waals surface area contributed by atoms with E-state index < -0.39 is 0 Å².